The van der Waals surface area contributed by atoms with Gasteiger partial charge >= 0.3 is 0 Å². The highest BCUT2D eigenvalue weighted by Crippen LogP contribution is 2.43. The molecule has 1 aromatic carbocycles. The molecule has 3 nitrogen and oxygen atoms in total. The Morgan fingerprint density at radius 2 is 1.78 bits per heavy atom. The number of allylic oxidation sites excluding steroid dienone is 2. The van der Waals surface area contributed by atoms with Crippen LogP contribution in [0.4, 0.5) is 5.69 Å². The zero-order chi connectivity index (χ0) is 15.8. The fourth-order valence-corrected chi connectivity index (χ4v) is 4.53. The van der Waals surface area contributed by atoms with Crippen LogP contribution >= 0.6 is 0 Å². The number of hydrogen-bond donors (Lipinski definition) is 0. The molecule has 0 aromatic heterocycles. The Balaban J connectivity index is 1.30. The van der Waals surface area contributed by atoms with Crippen LogP contribution in [0.2, 0.25) is 0 Å². The van der Waals surface area contributed by atoms with Crippen molar-refractivity contribution in [1.29, 1.82) is 0 Å². The Kier molecular flexibility index (Phi) is 3.98. The zero-order valence-electron chi connectivity index (χ0n) is 13.9. The number of nitrogens with zero attached hydrogens (tertiary/aromatic N) is 2. The van der Waals surface area contributed by atoms with Crippen molar-refractivity contribution in [2.75, 3.05) is 37.6 Å². The summed E-state index contributed by atoms with van der Waals surface area (Å²) in [6.45, 7) is 7.41. The quantitative estimate of drug-likeness (QED) is 0.630. The smallest absolute Gasteiger partial charge is 0.159 e. The molecule has 3 aliphatic rings. The SMILES string of the molecule is CC(=O)c1ccc(N2CCN(C[C@H]3C[C@H]4C=C[C@H]3C4)CC2)cc1. The number of carbonyl (C=O) groups is 1. The van der Waals surface area contributed by atoms with Crippen LogP contribution in [-0.2, 0) is 0 Å². The molecule has 3 heteroatoms. The van der Waals surface area contributed by atoms with Crippen LogP contribution in [0, 0.1) is 17.8 Å². The molecule has 122 valence electrons. The van der Waals surface area contributed by atoms with Crippen molar-refractivity contribution in [1.82, 2.24) is 4.90 Å². The molecule has 1 saturated carbocycles. The number of benzene rings is 1. The average molecular weight is 310 g/mol. The molecule has 4 rings (SSSR count). The van der Waals surface area contributed by atoms with Crippen LogP contribution in [0.3, 0.4) is 0 Å². The van der Waals surface area contributed by atoms with E-state index in [4.69, 9.17) is 0 Å². The molecule has 1 heterocycles. The fourth-order valence-electron chi connectivity index (χ4n) is 4.53. The number of fused-ring (bicyclic) bond motifs is 2. The van der Waals surface area contributed by atoms with E-state index in [9.17, 15) is 4.79 Å². The van der Waals surface area contributed by atoms with Gasteiger partial charge in [0, 0.05) is 44.0 Å². The molecule has 0 radical (unpaired) electrons. The number of piperazine rings is 1. The highest BCUT2D eigenvalue weighted by atomic mass is 16.1. The summed E-state index contributed by atoms with van der Waals surface area (Å²) in [5.74, 6) is 2.77. The Hall–Kier alpha value is -1.61. The number of carbonyl (C=O) groups excluding carboxylic acids is 1. The lowest BCUT2D eigenvalue weighted by molar-refractivity contribution is 0.101. The monoisotopic (exact) mass is 310 g/mol. The lowest BCUT2D eigenvalue weighted by atomic mass is 9.93. The summed E-state index contributed by atoms with van der Waals surface area (Å²) in [5, 5.41) is 0. The Labute approximate surface area is 139 Å². The van der Waals surface area contributed by atoms with Crippen molar-refractivity contribution in [2.24, 2.45) is 17.8 Å². The van der Waals surface area contributed by atoms with E-state index in [2.05, 4.69) is 34.1 Å². The summed E-state index contributed by atoms with van der Waals surface area (Å²) >= 11 is 0. The molecule has 0 N–H and O–H groups in total. The molecule has 2 aliphatic carbocycles. The summed E-state index contributed by atoms with van der Waals surface area (Å²) in [7, 11) is 0. The third kappa shape index (κ3) is 3.07. The second-order valence-electron chi connectivity index (χ2n) is 7.43. The minimum atomic E-state index is 0.140. The predicted molar refractivity (Wildman–Crippen MR) is 93.9 cm³/mol. The second-order valence-corrected chi connectivity index (χ2v) is 7.43. The summed E-state index contributed by atoms with van der Waals surface area (Å²) in [5.41, 5.74) is 2.05. The van der Waals surface area contributed by atoms with E-state index >= 15 is 0 Å². The Bertz CT molecular complexity index is 599. The first-order valence-corrected chi connectivity index (χ1v) is 8.95. The molecule has 0 amide bonds. The van der Waals surface area contributed by atoms with Gasteiger partial charge in [-0.2, -0.15) is 0 Å². The van der Waals surface area contributed by atoms with Gasteiger partial charge < -0.3 is 4.90 Å². The topological polar surface area (TPSA) is 23.6 Å². The molecule has 3 atom stereocenters. The van der Waals surface area contributed by atoms with Crippen molar-refractivity contribution < 1.29 is 4.79 Å². The van der Waals surface area contributed by atoms with Crippen LogP contribution in [0.5, 0.6) is 0 Å². The van der Waals surface area contributed by atoms with Crippen LogP contribution in [-0.4, -0.2) is 43.4 Å². The van der Waals surface area contributed by atoms with Crippen LogP contribution in [0.15, 0.2) is 36.4 Å². The minimum absolute atomic E-state index is 0.140. The predicted octanol–water partition coefficient (Wildman–Crippen LogP) is 3.22. The minimum Gasteiger partial charge on any atom is -0.369 e. The van der Waals surface area contributed by atoms with Gasteiger partial charge in [0.15, 0.2) is 5.78 Å². The number of Topliss-reactive ketones (excluding diaryl/α,β-unsaturated/α-hetero) is 1. The number of ketones is 1. The lowest BCUT2D eigenvalue weighted by Crippen LogP contribution is -2.48. The maximum Gasteiger partial charge on any atom is 0.159 e. The number of anilines is 1. The van der Waals surface area contributed by atoms with E-state index in [-0.39, 0.29) is 5.78 Å². The van der Waals surface area contributed by atoms with Crippen LogP contribution < -0.4 is 4.90 Å². The first-order chi connectivity index (χ1) is 11.2. The van der Waals surface area contributed by atoms with E-state index in [1.807, 2.05) is 12.1 Å². The van der Waals surface area contributed by atoms with Gasteiger partial charge in [0.25, 0.3) is 0 Å². The molecule has 1 aromatic rings. The van der Waals surface area contributed by atoms with E-state index in [0.717, 1.165) is 49.5 Å². The highest BCUT2D eigenvalue weighted by molar-refractivity contribution is 5.94. The highest BCUT2D eigenvalue weighted by Gasteiger charge is 2.36. The maximum atomic E-state index is 11.4. The van der Waals surface area contributed by atoms with E-state index < -0.39 is 0 Å². The number of hydrogen-bond acceptors (Lipinski definition) is 3. The summed E-state index contributed by atoms with van der Waals surface area (Å²) in [6.07, 6.45) is 7.72. The van der Waals surface area contributed by atoms with Crippen LogP contribution in [0.25, 0.3) is 0 Å². The first-order valence-electron chi connectivity index (χ1n) is 8.95. The molecular weight excluding hydrogens is 284 g/mol. The van der Waals surface area contributed by atoms with E-state index in [1.54, 1.807) is 6.92 Å². The molecule has 0 unspecified atom stereocenters. The molecule has 2 fully saturated rings. The lowest BCUT2D eigenvalue weighted by Gasteiger charge is -2.38. The Morgan fingerprint density at radius 3 is 2.35 bits per heavy atom. The van der Waals surface area contributed by atoms with Crippen molar-refractivity contribution in [3.63, 3.8) is 0 Å². The maximum absolute atomic E-state index is 11.4. The van der Waals surface area contributed by atoms with Gasteiger partial charge in [0.2, 0.25) is 0 Å². The third-order valence-electron chi connectivity index (χ3n) is 5.92. The van der Waals surface area contributed by atoms with Gasteiger partial charge in [-0.05, 0) is 61.8 Å². The fraction of sp³-hybridized carbons (Fsp3) is 0.550. The third-order valence-corrected chi connectivity index (χ3v) is 5.92. The first kappa shape index (κ1) is 14.9. The van der Waals surface area contributed by atoms with Crippen molar-refractivity contribution in [2.45, 2.75) is 19.8 Å². The standard InChI is InChI=1S/C20H26N2O/c1-15(23)17-4-6-20(7-5-17)22-10-8-21(9-11-22)14-19-13-16-2-3-18(19)12-16/h2-7,16,18-19H,8-14H2,1H3/t16-,18-,19+/m0/s1. The van der Waals surface area contributed by atoms with Gasteiger partial charge in [-0.25, -0.2) is 0 Å². The summed E-state index contributed by atoms with van der Waals surface area (Å²) in [6, 6.07) is 8.08. The van der Waals surface area contributed by atoms with Crippen molar-refractivity contribution in [3.05, 3.63) is 42.0 Å². The van der Waals surface area contributed by atoms with Gasteiger partial charge in [-0.15, -0.1) is 0 Å². The normalized spacial score (nSPS) is 30.1. The van der Waals surface area contributed by atoms with Gasteiger partial charge in [0.1, 0.15) is 0 Å². The van der Waals surface area contributed by atoms with Gasteiger partial charge in [0.05, 0.1) is 0 Å². The van der Waals surface area contributed by atoms with E-state index in [1.165, 1.54) is 25.1 Å². The summed E-state index contributed by atoms with van der Waals surface area (Å²) in [4.78, 5) is 16.5. The van der Waals surface area contributed by atoms with Crippen molar-refractivity contribution in [3.8, 4) is 0 Å². The number of rotatable bonds is 4. The van der Waals surface area contributed by atoms with Gasteiger partial charge in [-0.1, -0.05) is 12.2 Å². The van der Waals surface area contributed by atoms with Gasteiger partial charge in [-0.3, -0.25) is 9.69 Å². The van der Waals surface area contributed by atoms with Crippen molar-refractivity contribution >= 4 is 11.5 Å². The largest absolute Gasteiger partial charge is 0.369 e. The molecular formula is C20H26N2O. The average Bonchev–Trinajstić information content (AvgIpc) is 3.18. The Morgan fingerprint density at radius 1 is 1.04 bits per heavy atom. The zero-order valence-corrected chi connectivity index (χ0v) is 13.9. The van der Waals surface area contributed by atoms with Crippen LogP contribution in [0.1, 0.15) is 30.1 Å². The molecule has 1 aliphatic heterocycles. The summed E-state index contributed by atoms with van der Waals surface area (Å²) < 4.78 is 0. The second kappa shape index (κ2) is 6.12. The van der Waals surface area contributed by atoms with E-state index in [0.29, 0.717) is 0 Å². The molecule has 1 saturated heterocycles. The molecule has 0 spiro atoms. The molecule has 2 bridgehead atoms. The molecule has 23 heavy (non-hydrogen) atoms.